The Morgan fingerprint density at radius 1 is 1.29 bits per heavy atom. The second-order valence-electron chi connectivity index (χ2n) is 7.91. The number of hydrogen-bond donors (Lipinski definition) is 1. The highest BCUT2D eigenvalue weighted by molar-refractivity contribution is 6.30. The van der Waals surface area contributed by atoms with Crippen molar-refractivity contribution in [3.63, 3.8) is 0 Å². The van der Waals surface area contributed by atoms with Gasteiger partial charge in [-0.25, -0.2) is 4.98 Å². The van der Waals surface area contributed by atoms with E-state index < -0.39 is 0 Å². The van der Waals surface area contributed by atoms with Crippen molar-refractivity contribution in [3.05, 3.63) is 45.5 Å². The summed E-state index contributed by atoms with van der Waals surface area (Å²) in [7, 11) is 0. The fourth-order valence-corrected chi connectivity index (χ4v) is 4.02. The first-order valence-electron chi connectivity index (χ1n) is 8.76. The number of pyridine rings is 1. The van der Waals surface area contributed by atoms with E-state index in [1.165, 1.54) is 30.1 Å². The van der Waals surface area contributed by atoms with Gasteiger partial charge < -0.3 is 5.32 Å². The van der Waals surface area contributed by atoms with Crippen LogP contribution in [0.1, 0.15) is 52.1 Å². The van der Waals surface area contributed by atoms with Crippen LogP contribution in [-0.2, 0) is 6.54 Å². The predicted octanol–water partition coefficient (Wildman–Crippen LogP) is 4.04. The van der Waals surface area contributed by atoms with Crippen molar-refractivity contribution < 1.29 is 0 Å². The average molecular weight is 348 g/mol. The van der Waals surface area contributed by atoms with Crippen LogP contribution in [0.5, 0.6) is 0 Å². The van der Waals surface area contributed by atoms with Gasteiger partial charge in [0.15, 0.2) is 0 Å². The Balaban J connectivity index is 1.77. The summed E-state index contributed by atoms with van der Waals surface area (Å²) in [4.78, 5) is 16.9. The maximum Gasteiger partial charge on any atom is 0.258 e. The third-order valence-corrected chi connectivity index (χ3v) is 5.32. The minimum atomic E-state index is -0.0877. The molecule has 2 heterocycles. The molecule has 0 aliphatic heterocycles. The Kier molecular flexibility index (Phi) is 4.97. The Labute approximate surface area is 148 Å². The molecule has 1 aliphatic rings. The number of nitrogens with one attached hydrogen (secondary N) is 1. The molecule has 0 radical (unpaired) electrons. The van der Waals surface area contributed by atoms with Crippen LogP contribution in [0.3, 0.4) is 0 Å². The van der Waals surface area contributed by atoms with Crippen LogP contribution >= 0.6 is 11.6 Å². The van der Waals surface area contributed by atoms with Gasteiger partial charge in [-0.15, -0.1) is 0 Å². The zero-order valence-corrected chi connectivity index (χ0v) is 15.4. The Morgan fingerprint density at radius 2 is 2.04 bits per heavy atom. The monoisotopic (exact) mass is 347 g/mol. The fourth-order valence-electron chi connectivity index (χ4n) is 3.86. The smallest absolute Gasteiger partial charge is 0.258 e. The van der Waals surface area contributed by atoms with Gasteiger partial charge >= 0.3 is 0 Å². The highest BCUT2D eigenvalue weighted by atomic mass is 35.5. The number of nitrogens with zero attached hydrogens (tertiary/aromatic N) is 2. The highest BCUT2D eigenvalue weighted by Crippen LogP contribution is 2.38. The van der Waals surface area contributed by atoms with Gasteiger partial charge in [0.25, 0.3) is 5.56 Å². The maximum absolute atomic E-state index is 12.3. The van der Waals surface area contributed by atoms with Gasteiger partial charge in [0.05, 0.1) is 10.7 Å². The number of aromatic nitrogens is 2. The predicted molar refractivity (Wildman–Crippen MR) is 98.5 cm³/mol. The molecule has 1 N–H and O–H groups in total. The van der Waals surface area contributed by atoms with E-state index in [1.54, 1.807) is 24.4 Å². The van der Waals surface area contributed by atoms with E-state index in [9.17, 15) is 4.79 Å². The molecule has 4 nitrogen and oxygen atoms in total. The van der Waals surface area contributed by atoms with Crippen LogP contribution in [0, 0.1) is 11.3 Å². The zero-order valence-electron chi connectivity index (χ0n) is 14.7. The van der Waals surface area contributed by atoms with Gasteiger partial charge in [-0.2, -0.15) is 0 Å². The van der Waals surface area contributed by atoms with Gasteiger partial charge in [-0.1, -0.05) is 45.2 Å². The van der Waals surface area contributed by atoms with Crippen molar-refractivity contribution in [2.75, 3.05) is 0 Å². The second-order valence-corrected chi connectivity index (χ2v) is 8.34. The van der Waals surface area contributed by atoms with Gasteiger partial charge in [-0.3, -0.25) is 9.20 Å². The summed E-state index contributed by atoms with van der Waals surface area (Å²) in [5.74, 6) is 0.659. The van der Waals surface area contributed by atoms with Crippen molar-refractivity contribution in [1.29, 1.82) is 0 Å². The SMILES string of the molecule is CC(C)(C)C1CCCCC1NCc1cc(=O)n2cc(Cl)ccc2n1. The topological polar surface area (TPSA) is 46.4 Å². The molecule has 24 heavy (non-hydrogen) atoms. The average Bonchev–Trinajstić information content (AvgIpc) is 2.53. The van der Waals surface area contributed by atoms with Gasteiger partial charge in [0, 0.05) is 24.8 Å². The molecule has 0 saturated heterocycles. The molecule has 0 spiro atoms. The van der Waals surface area contributed by atoms with Gasteiger partial charge in [0.1, 0.15) is 5.65 Å². The van der Waals surface area contributed by atoms with Crippen molar-refractivity contribution >= 4 is 17.2 Å². The first-order chi connectivity index (χ1) is 11.3. The lowest BCUT2D eigenvalue weighted by molar-refractivity contribution is 0.130. The van der Waals surface area contributed by atoms with E-state index in [4.69, 9.17) is 11.6 Å². The van der Waals surface area contributed by atoms with E-state index in [0.717, 1.165) is 5.69 Å². The summed E-state index contributed by atoms with van der Waals surface area (Å²) in [6, 6.07) is 5.64. The van der Waals surface area contributed by atoms with Gasteiger partial charge in [-0.05, 0) is 36.3 Å². The van der Waals surface area contributed by atoms with Crippen molar-refractivity contribution in [2.24, 2.45) is 11.3 Å². The first kappa shape index (κ1) is 17.4. The summed E-state index contributed by atoms with van der Waals surface area (Å²) >= 11 is 5.95. The van der Waals surface area contributed by atoms with Crippen LogP contribution < -0.4 is 10.9 Å². The molecule has 2 unspecified atom stereocenters. The number of hydrogen-bond acceptors (Lipinski definition) is 3. The molecule has 0 aromatic carbocycles. The van der Waals surface area contributed by atoms with Crippen LogP contribution in [0.4, 0.5) is 0 Å². The minimum absolute atomic E-state index is 0.0877. The van der Waals surface area contributed by atoms with Crippen molar-refractivity contribution in [1.82, 2.24) is 14.7 Å². The van der Waals surface area contributed by atoms with E-state index in [0.29, 0.717) is 34.6 Å². The quantitative estimate of drug-likeness (QED) is 0.911. The van der Waals surface area contributed by atoms with E-state index >= 15 is 0 Å². The molecule has 2 aromatic heterocycles. The minimum Gasteiger partial charge on any atom is -0.308 e. The number of rotatable bonds is 3. The Bertz CT molecular complexity index is 778. The molecule has 1 saturated carbocycles. The largest absolute Gasteiger partial charge is 0.308 e. The first-order valence-corrected chi connectivity index (χ1v) is 9.13. The molecule has 2 atom stereocenters. The summed E-state index contributed by atoms with van der Waals surface area (Å²) < 4.78 is 1.49. The lowest BCUT2D eigenvalue weighted by atomic mass is 9.69. The van der Waals surface area contributed by atoms with Crippen molar-refractivity contribution in [2.45, 2.75) is 59.0 Å². The molecular formula is C19H26ClN3O. The van der Waals surface area contributed by atoms with E-state index in [-0.39, 0.29) is 5.56 Å². The van der Waals surface area contributed by atoms with E-state index in [1.807, 2.05) is 0 Å². The molecular weight excluding hydrogens is 322 g/mol. The second kappa shape index (κ2) is 6.85. The molecule has 1 fully saturated rings. The Morgan fingerprint density at radius 3 is 2.79 bits per heavy atom. The number of fused-ring (bicyclic) bond motifs is 1. The van der Waals surface area contributed by atoms with Crippen LogP contribution in [0.2, 0.25) is 5.02 Å². The van der Waals surface area contributed by atoms with Gasteiger partial charge in [0.2, 0.25) is 0 Å². The summed E-state index contributed by atoms with van der Waals surface area (Å²) in [5, 5.41) is 4.20. The molecule has 5 heteroatoms. The third kappa shape index (κ3) is 3.81. The highest BCUT2D eigenvalue weighted by Gasteiger charge is 2.33. The van der Waals surface area contributed by atoms with Crippen molar-refractivity contribution in [3.8, 4) is 0 Å². The summed E-state index contributed by atoms with van der Waals surface area (Å²) in [5.41, 5.74) is 1.64. The maximum atomic E-state index is 12.3. The van der Waals surface area contributed by atoms with Crippen LogP contribution in [0.15, 0.2) is 29.2 Å². The molecule has 3 rings (SSSR count). The summed E-state index contributed by atoms with van der Waals surface area (Å²) in [6.07, 6.45) is 6.67. The molecule has 130 valence electrons. The van der Waals surface area contributed by atoms with Crippen LogP contribution in [0.25, 0.3) is 5.65 Å². The molecule has 0 amide bonds. The van der Waals surface area contributed by atoms with Crippen LogP contribution in [-0.4, -0.2) is 15.4 Å². The lowest BCUT2D eigenvalue weighted by Crippen LogP contribution is -2.44. The third-order valence-electron chi connectivity index (χ3n) is 5.10. The lowest BCUT2D eigenvalue weighted by Gasteiger charge is -2.41. The number of halogens is 1. The van der Waals surface area contributed by atoms with E-state index in [2.05, 4.69) is 31.1 Å². The molecule has 0 bridgehead atoms. The summed E-state index contributed by atoms with van der Waals surface area (Å²) in [6.45, 7) is 7.60. The molecule has 1 aliphatic carbocycles. The fraction of sp³-hybridized carbons (Fsp3) is 0.579. The Hall–Kier alpha value is -1.39. The zero-order chi connectivity index (χ0) is 17.3. The normalized spacial score (nSPS) is 22.0. The molecule has 2 aromatic rings. The standard InChI is InChI=1S/C19H26ClN3O/c1-19(2,3)15-6-4-5-7-16(15)21-11-14-10-18(24)23-12-13(20)8-9-17(23)22-14/h8-10,12,15-16,21H,4-7,11H2,1-3H3.